The van der Waals surface area contributed by atoms with E-state index in [1.807, 2.05) is 0 Å². The van der Waals surface area contributed by atoms with Gasteiger partial charge in [0.05, 0.1) is 6.61 Å². The first-order valence-electron chi connectivity index (χ1n) is 3.73. The summed E-state index contributed by atoms with van der Waals surface area (Å²) in [6, 6.07) is 0. The van der Waals surface area contributed by atoms with Crippen LogP contribution < -0.4 is 0 Å². The molecule has 0 heterocycles. The standard InChI is InChI=1S/C8H14O4/c1-6(8(10)11)4-3-5-12-7(2)9/h4,7,9H,3,5H2,1-2H3,(H,10,11)/b6-4+. The van der Waals surface area contributed by atoms with Crippen LogP contribution in [0.15, 0.2) is 11.6 Å². The van der Waals surface area contributed by atoms with Gasteiger partial charge in [-0.3, -0.25) is 0 Å². The van der Waals surface area contributed by atoms with Gasteiger partial charge in [-0.1, -0.05) is 6.08 Å². The highest BCUT2D eigenvalue weighted by atomic mass is 16.6. The van der Waals surface area contributed by atoms with E-state index in [0.717, 1.165) is 0 Å². The molecular weight excluding hydrogens is 160 g/mol. The third-order valence-electron chi connectivity index (χ3n) is 1.26. The highest BCUT2D eigenvalue weighted by molar-refractivity contribution is 5.85. The molecule has 12 heavy (non-hydrogen) atoms. The minimum atomic E-state index is -0.924. The molecule has 0 aliphatic rings. The number of aliphatic carboxylic acids is 1. The Balaban J connectivity index is 3.54. The van der Waals surface area contributed by atoms with Crippen molar-refractivity contribution in [3.8, 4) is 0 Å². The van der Waals surface area contributed by atoms with Crippen molar-refractivity contribution < 1.29 is 19.7 Å². The Morgan fingerprint density at radius 1 is 1.67 bits per heavy atom. The molecule has 0 radical (unpaired) electrons. The first-order chi connectivity index (χ1) is 5.54. The minimum Gasteiger partial charge on any atom is -0.478 e. The van der Waals surface area contributed by atoms with Crippen molar-refractivity contribution in [2.24, 2.45) is 0 Å². The second kappa shape index (κ2) is 5.74. The lowest BCUT2D eigenvalue weighted by molar-refractivity contribution is -0.132. The topological polar surface area (TPSA) is 66.8 Å². The second-order valence-corrected chi connectivity index (χ2v) is 2.45. The van der Waals surface area contributed by atoms with Crippen LogP contribution in [0.4, 0.5) is 0 Å². The number of rotatable bonds is 5. The minimum absolute atomic E-state index is 0.296. The molecule has 0 aliphatic heterocycles. The van der Waals surface area contributed by atoms with Crippen molar-refractivity contribution >= 4 is 5.97 Å². The molecule has 1 unspecified atom stereocenters. The van der Waals surface area contributed by atoms with Crippen LogP contribution in [-0.2, 0) is 9.53 Å². The molecule has 1 atom stereocenters. The molecule has 0 saturated heterocycles. The number of ether oxygens (including phenoxy) is 1. The maximum atomic E-state index is 10.3. The number of aliphatic hydroxyl groups excluding tert-OH is 1. The maximum absolute atomic E-state index is 10.3. The summed E-state index contributed by atoms with van der Waals surface area (Å²) in [4.78, 5) is 10.3. The average molecular weight is 174 g/mol. The number of hydrogen-bond acceptors (Lipinski definition) is 3. The molecule has 0 saturated carbocycles. The molecule has 0 aromatic heterocycles. The van der Waals surface area contributed by atoms with E-state index < -0.39 is 12.3 Å². The molecule has 4 heteroatoms. The van der Waals surface area contributed by atoms with Crippen LogP contribution in [0.2, 0.25) is 0 Å². The van der Waals surface area contributed by atoms with Gasteiger partial charge in [0.15, 0.2) is 6.29 Å². The van der Waals surface area contributed by atoms with E-state index in [0.29, 0.717) is 18.6 Å². The molecule has 2 N–H and O–H groups in total. The average Bonchev–Trinajstić information content (AvgIpc) is 1.97. The summed E-state index contributed by atoms with van der Waals surface area (Å²) < 4.78 is 4.79. The predicted octanol–water partition coefficient (Wildman–Crippen LogP) is 0.762. The zero-order valence-electron chi connectivity index (χ0n) is 7.28. The fourth-order valence-electron chi connectivity index (χ4n) is 0.601. The van der Waals surface area contributed by atoms with Crippen molar-refractivity contribution in [1.82, 2.24) is 0 Å². The monoisotopic (exact) mass is 174 g/mol. The Labute approximate surface area is 71.5 Å². The lowest BCUT2D eigenvalue weighted by Gasteiger charge is -2.03. The number of aliphatic hydroxyl groups is 1. The van der Waals surface area contributed by atoms with E-state index in [2.05, 4.69) is 0 Å². The Bertz CT molecular complexity index is 172. The van der Waals surface area contributed by atoms with Gasteiger partial charge in [0, 0.05) is 5.57 Å². The lowest BCUT2D eigenvalue weighted by atomic mass is 10.2. The fraction of sp³-hybridized carbons (Fsp3) is 0.625. The fourth-order valence-corrected chi connectivity index (χ4v) is 0.601. The van der Waals surface area contributed by atoms with Gasteiger partial charge in [-0.15, -0.1) is 0 Å². The second-order valence-electron chi connectivity index (χ2n) is 2.45. The van der Waals surface area contributed by atoms with Gasteiger partial charge >= 0.3 is 5.97 Å². The highest BCUT2D eigenvalue weighted by Crippen LogP contribution is 1.96. The lowest BCUT2D eigenvalue weighted by Crippen LogP contribution is -2.07. The normalized spacial score (nSPS) is 14.4. The Morgan fingerprint density at radius 3 is 2.67 bits per heavy atom. The molecule has 0 rings (SSSR count). The summed E-state index contributed by atoms with van der Waals surface area (Å²) in [7, 11) is 0. The van der Waals surface area contributed by atoms with Crippen LogP contribution >= 0.6 is 0 Å². The highest BCUT2D eigenvalue weighted by Gasteiger charge is 1.98. The quantitative estimate of drug-likeness (QED) is 0.367. The van der Waals surface area contributed by atoms with Gasteiger partial charge in [0.2, 0.25) is 0 Å². The van der Waals surface area contributed by atoms with Crippen LogP contribution in [0.25, 0.3) is 0 Å². The molecule has 0 aliphatic carbocycles. The molecule has 0 spiro atoms. The van der Waals surface area contributed by atoms with Crippen molar-refractivity contribution in [1.29, 1.82) is 0 Å². The molecule has 0 aromatic carbocycles. The molecule has 4 nitrogen and oxygen atoms in total. The Kier molecular flexibility index (Phi) is 5.32. The van der Waals surface area contributed by atoms with Gasteiger partial charge in [0.1, 0.15) is 0 Å². The Hall–Kier alpha value is -0.870. The summed E-state index contributed by atoms with van der Waals surface area (Å²) >= 11 is 0. The third kappa shape index (κ3) is 5.88. The molecule has 0 amide bonds. The van der Waals surface area contributed by atoms with Crippen molar-refractivity contribution in [2.75, 3.05) is 6.61 Å². The van der Waals surface area contributed by atoms with Gasteiger partial charge in [-0.05, 0) is 20.3 Å². The largest absolute Gasteiger partial charge is 0.478 e. The van der Waals surface area contributed by atoms with E-state index in [4.69, 9.17) is 14.9 Å². The molecule has 0 fully saturated rings. The molecular formula is C8H14O4. The summed E-state index contributed by atoms with van der Waals surface area (Å²) in [5, 5.41) is 17.1. The number of hydrogen-bond donors (Lipinski definition) is 2. The summed E-state index contributed by atoms with van der Waals surface area (Å²) in [6.45, 7) is 3.36. The Morgan fingerprint density at radius 2 is 2.25 bits per heavy atom. The first kappa shape index (κ1) is 11.1. The third-order valence-corrected chi connectivity index (χ3v) is 1.26. The smallest absolute Gasteiger partial charge is 0.330 e. The summed E-state index contributed by atoms with van der Waals surface area (Å²) in [5.41, 5.74) is 0.296. The van der Waals surface area contributed by atoms with Crippen LogP contribution in [0, 0.1) is 0 Å². The zero-order valence-corrected chi connectivity index (χ0v) is 7.28. The van der Waals surface area contributed by atoms with E-state index in [1.54, 1.807) is 6.08 Å². The maximum Gasteiger partial charge on any atom is 0.330 e. The SMILES string of the molecule is C/C(=C\CCOC(C)O)C(=O)O. The zero-order chi connectivity index (χ0) is 9.56. The van der Waals surface area contributed by atoms with Crippen molar-refractivity contribution in [3.05, 3.63) is 11.6 Å². The van der Waals surface area contributed by atoms with Crippen LogP contribution in [0.3, 0.4) is 0 Å². The van der Waals surface area contributed by atoms with Crippen molar-refractivity contribution in [2.45, 2.75) is 26.6 Å². The van der Waals surface area contributed by atoms with E-state index in [-0.39, 0.29) is 0 Å². The summed E-state index contributed by atoms with van der Waals surface area (Å²) in [6.07, 6.45) is 1.27. The van der Waals surface area contributed by atoms with Gasteiger partial charge in [-0.2, -0.15) is 0 Å². The van der Waals surface area contributed by atoms with E-state index in [9.17, 15) is 4.79 Å². The first-order valence-corrected chi connectivity index (χ1v) is 3.73. The van der Waals surface area contributed by atoms with Crippen LogP contribution in [-0.4, -0.2) is 29.1 Å². The van der Waals surface area contributed by atoms with E-state index >= 15 is 0 Å². The van der Waals surface area contributed by atoms with Crippen LogP contribution in [0.5, 0.6) is 0 Å². The predicted molar refractivity (Wildman–Crippen MR) is 43.6 cm³/mol. The summed E-state index contributed by atoms with van der Waals surface area (Å²) in [5.74, 6) is -0.924. The number of carbonyl (C=O) groups is 1. The number of carboxylic acids is 1. The van der Waals surface area contributed by atoms with Gasteiger partial charge in [-0.25, -0.2) is 4.79 Å². The van der Waals surface area contributed by atoms with Crippen molar-refractivity contribution in [3.63, 3.8) is 0 Å². The molecule has 0 aromatic rings. The van der Waals surface area contributed by atoms with Crippen LogP contribution in [0.1, 0.15) is 20.3 Å². The van der Waals surface area contributed by atoms with Gasteiger partial charge < -0.3 is 14.9 Å². The number of carboxylic acid groups (broad SMARTS) is 1. The van der Waals surface area contributed by atoms with Gasteiger partial charge in [0.25, 0.3) is 0 Å². The van der Waals surface area contributed by atoms with E-state index in [1.165, 1.54) is 13.8 Å². The molecule has 0 bridgehead atoms. The molecule has 70 valence electrons.